The van der Waals surface area contributed by atoms with Crippen molar-refractivity contribution in [2.24, 2.45) is 5.73 Å². The van der Waals surface area contributed by atoms with Crippen molar-refractivity contribution in [3.8, 4) is 11.5 Å². The lowest BCUT2D eigenvalue weighted by Gasteiger charge is -2.42. The zero-order valence-corrected chi connectivity index (χ0v) is 17.1. The molecule has 0 spiro atoms. The van der Waals surface area contributed by atoms with Crippen molar-refractivity contribution in [2.45, 2.75) is 32.2 Å². The van der Waals surface area contributed by atoms with Crippen LogP contribution in [0.5, 0.6) is 11.5 Å². The maximum Gasteiger partial charge on any atom is 0.317 e. The number of hydrogen-bond acceptors (Lipinski definition) is 6. The molecule has 2 rings (SSSR count). The van der Waals surface area contributed by atoms with E-state index >= 15 is 0 Å². The number of carboxylic acid groups (broad SMARTS) is 2. The first kappa shape index (κ1) is 23.2. The lowest BCUT2D eigenvalue weighted by molar-refractivity contribution is -0.144. The van der Waals surface area contributed by atoms with Crippen LogP contribution in [0.25, 0.3) is 0 Å². The van der Waals surface area contributed by atoms with E-state index < -0.39 is 30.6 Å². The second-order valence-electron chi connectivity index (χ2n) is 7.69. The van der Waals surface area contributed by atoms with Gasteiger partial charge in [0.05, 0.1) is 13.1 Å². The van der Waals surface area contributed by atoms with Crippen molar-refractivity contribution >= 4 is 11.9 Å². The fourth-order valence-electron chi connectivity index (χ4n) is 3.70. The first-order chi connectivity index (χ1) is 14.1. The molecular formula is C22H28N2O6. The SMILES string of the molecule is Cc1ccc(O)c(CC(CN)(Cc2cc(C)ccc2O)N(CC(=O)O)CC(=O)O)c1. The summed E-state index contributed by atoms with van der Waals surface area (Å²) in [5.41, 5.74) is 7.78. The standard InChI is InChI=1S/C22H28N2O6/c1-14-3-5-18(25)16(7-14)9-22(13-23,24(11-20(27)28)12-21(29)30)10-17-8-15(2)4-6-19(17)26/h3-8,25-26H,9-13,23H2,1-2H3,(H,27,28)(H,29,30). The number of benzene rings is 2. The van der Waals surface area contributed by atoms with Gasteiger partial charge in [0.1, 0.15) is 11.5 Å². The van der Waals surface area contributed by atoms with Crippen molar-refractivity contribution in [3.63, 3.8) is 0 Å². The molecule has 8 heteroatoms. The minimum Gasteiger partial charge on any atom is -0.508 e. The van der Waals surface area contributed by atoms with Crippen molar-refractivity contribution in [1.82, 2.24) is 4.90 Å². The average molecular weight is 416 g/mol. The zero-order chi connectivity index (χ0) is 22.5. The first-order valence-electron chi connectivity index (χ1n) is 9.52. The summed E-state index contributed by atoms with van der Waals surface area (Å²) in [6, 6.07) is 10.1. The monoisotopic (exact) mass is 416 g/mol. The van der Waals surface area contributed by atoms with Gasteiger partial charge in [-0.1, -0.05) is 35.4 Å². The fraction of sp³-hybridized carbons (Fsp3) is 0.364. The molecule has 2 aromatic carbocycles. The van der Waals surface area contributed by atoms with E-state index in [1.54, 1.807) is 24.3 Å². The molecule has 8 nitrogen and oxygen atoms in total. The van der Waals surface area contributed by atoms with Gasteiger partial charge in [0.2, 0.25) is 0 Å². The highest BCUT2D eigenvalue weighted by Gasteiger charge is 2.39. The Kier molecular flexibility index (Phi) is 7.42. The molecule has 162 valence electrons. The topological polar surface area (TPSA) is 144 Å². The van der Waals surface area contributed by atoms with E-state index in [9.17, 15) is 30.0 Å². The highest BCUT2D eigenvalue weighted by atomic mass is 16.4. The Bertz CT molecular complexity index is 858. The van der Waals surface area contributed by atoms with Crippen molar-refractivity contribution in [1.29, 1.82) is 0 Å². The number of nitrogens with two attached hydrogens (primary N) is 1. The third kappa shape index (κ3) is 5.71. The van der Waals surface area contributed by atoms with E-state index in [2.05, 4.69) is 0 Å². The van der Waals surface area contributed by atoms with E-state index in [0.717, 1.165) is 11.1 Å². The number of aromatic hydroxyl groups is 2. The third-order valence-corrected chi connectivity index (χ3v) is 5.21. The lowest BCUT2D eigenvalue weighted by Crippen LogP contribution is -2.59. The molecule has 0 unspecified atom stereocenters. The quantitative estimate of drug-likeness (QED) is 0.393. The molecule has 6 N–H and O–H groups in total. The van der Waals surface area contributed by atoms with Crippen LogP contribution in [-0.2, 0) is 22.4 Å². The number of aliphatic carboxylic acids is 2. The summed E-state index contributed by atoms with van der Waals surface area (Å²) in [4.78, 5) is 24.3. The summed E-state index contributed by atoms with van der Waals surface area (Å²) in [7, 11) is 0. The number of carboxylic acids is 2. The van der Waals surface area contributed by atoms with Crippen LogP contribution in [-0.4, -0.2) is 62.4 Å². The Hall–Kier alpha value is -3.10. The van der Waals surface area contributed by atoms with Gasteiger partial charge in [-0.15, -0.1) is 0 Å². The number of phenols is 2. The number of carbonyl (C=O) groups is 2. The molecule has 0 amide bonds. The summed E-state index contributed by atoms with van der Waals surface area (Å²) in [6.07, 6.45) is 0.204. The minimum absolute atomic E-state index is 0.0116. The molecule has 0 heterocycles. The largest absolute Gasteiger partial charge is 0.508 e. The van der Waals surface area contributed by atoms with Crippen LogP contribution in [0, 0.1) is 13.8 Å². The summed E-state index contributed by atoms with van der Waals surface area (Å²) in [5, 5.41) is 39.5. The van der Waals surface area contributed by atoms with Gasteiger partial charge in [-0.25, -0.2) is 0 Å². The predicted octanol–water partition coefficient (Wildman–Crippen LogP) is 1.67. The lowest BCUT2D eigenvalue weighted by atomic mass is 9.81. The Labute approximate surface area is 175 Å². The van der Waals surface area contributed by atoms with Crippen molar-refractivity contribution in [3.05, 3.63) is 58.7 Å². The second kappa shape index (κ2) is 9.60. The Morgan fingerprint density at radius 3 is 1.60 bits per heavy atom. The molecule has 0 atom stereocenters. The Morgan fingerprint density at radius 2 is 1.27 bits per heavy atom. The molecule has 0 radical (unpaired) electrons. The van der Waals surface area contributed by atoms with Gasteiger partial charge in [0.15, 0.2) is 0 Å². The number of phenolic OH excluding ortho intramolecular Hbond substituents is 2. The van der Waals surface area contributed by atoms with Crippen LogP contribution in [0.1, 0.15) is 22.3 Å². The van der Waals surface area contributed by atoms with Gasteiger partial charge in [0, 0.05) is 12.1 Å². The second-order valence-corrected chi connectivity index (χ2v) is 7.69. The highest BCUT2D eigenvalue weighted by molar-refractivity contribution is 5.73. The van der Waals surface area contributed by atoms with Crippen LogP contribution in [0.15, 0.2) is 36.4 Å². The first-order valence-corrected chi connectivity index (χ1v) is 9.52. The molecule has 0 aliphatic rings. The van der Waals surface area contributed by atoms with E-state index in [0.29, 0.717) is 11.1 Å². The van der Waals surface area contributed by atoms with Gasteiger partial charge in [-0.3, -0.25) is 14.5 Å². The van der Waals surface area contributed by atoms with Crippen molar-refractivity contribution in [2.75, 3.05) is 19.6 Å². The summed E-state index contributed by atoms with van der Waals surface area (Å²) >= 11 is 0. The van der Waals surface area contributed by atoms with Crippen LogP contribution in [0.3, 0.4) is 0 Å². The molecule has 0 saturated heterocycles. The fourth-order valence-corrected chi connectivity index (χ4v) is 3.70. The molecule has 0 saturated carbocycles. The molecule has 0 aliphatic heterocycles. The summed E-state index contributed by atoms with van der Waals surface area (Å²) < 4.78 is 0. The van der Waals surface area contributed by atoms with E-state index in [1.165, 1.54) is 17.0 Å². The molecule has 0 bridgehead atoms. The van der Waals surface area contributed by atoms with E-state index in [4.69, 9.17) is 5.73 Å². The maximum atomic E-state index is 11.5. The van der Waals surface area contributed by atoms with Gasteiger partial charge < -0.3 is 26.2 Å². The normalized spacial score (nSPS) is 11.6. The molecular weight excluding hydrogens is 388 g/mol. The van der Waals surface area contributed by atoms with Crippen LogP contribution in [0.4, 0.5) is 0 Å². The summed E-state index contributed by atoms with van der Waals surface area (Å²) in [6.45, 7) is 2.51. The minimum atomic E-state index is -1.20. The van der Waals surface area contributed by atoms with Gasteiger partial charge in [-0.2, -0.15) is 0 Å². The number of rotatable bonds is 10. The Balaban J connectivity index is 2.62. The van der Waals surface area contributed by atoms with Crippen LogP contribution >= 0.6 is 0 Å². The zero-order valence-electron chi connectivity index (χ0n) is 17.1. The van der Waals surface area contributed by atoms with Gasteiger partial charge >= 0.3 is 11.9 Å². The van der Waals surface area contributed by atoms with Crippen molar-refractivity contribution < 1.29 is 30.0 Å². The molecule has 0 aromatic heterocycles. The average Bonchev–Trinajstić information content (AvgIpc) is 2.65. The molecule has 0 aliphatic carbocycles. The highest BCUT2D eigenvalue weighted by Crippen LogP contribution is 2.32. The maximum absolute atomic E-state index is 11.5. The molecule has 30 heavy (non-hydrogen) atoms. The number of aryl methyl sites for hydroxylation is 2. The summed E-state index contributed by atoms with van der Waals surface area (Å²) in [5.74, 6) is -2.37. The Morgan fingerprint density at radius 1 is 0.867 bits per heavy atom. The van der Waals surface area contributed by atoms with E-state index in [1.807, 2.05) is 13.8 Å². The third-order valence-electron chi connectivity index (χ3n) is 5.21. The van der Waals surface area contributed by atoms with Crippen LogP contribution < -0.4 is 5.73 Å². The molecule has 0 fully saturated rings. The molecule has 2 aromatic rings. The predicted molar refractivity (Wildman–Crippen MR) is 112 cm³/mol. The van der Waals surface area contributed by atoms with Gasteiger partial charge in [-0.05, 0) is 49.9 Å². The number of hydrogen-bond donors (Lipinski definition) is 5. The van der Waals surface area contributed by atoms with Gasteiger partial charge in [0.25, 0.3) is 0 Å². The smallest absolute Gasteiger partial charge is 0.317 e. The van der Waals surface area contributed by atoms with E-state index in [-0.39, 0.29) is 30.9 Å². The van der Waals surface area contributed by atoms with Crippen LogP contribution in [0.2, 0.25) is 0 Å². The number of nitrogens with zero attached hydrogens (tertiary/aromatic N) is 1.